The van der Waals surface area contributed by atoms with E-state index in [1.807, 2.05) is 0 Å². The summed E-state index contributed by atoms with van der Waals surface area (Å²) < 4.78 is 0. The molecule has 4 heteroatoms. The SMILES string of the molecule is CC1CC1CN=C(N)NO. The number of aliphatic imine (C=N–C) groups is 1. The lowest BCUT2D eigenvalue weighted by Gasteiger charge is -1.95. The van der Waals surface area contributed by atoms with Crippen LogP contribution in [-0.4, -0.2) is 17.7 Å². The first-order valence-electron chi connectivity index (χ1n) is 3.44. The van der Waals surface area contributed by atoms with Gasteiger partial charge >= 0.3 is 0 Å². The zero-order valence-electron chi connectivity index (χ0n) is 6.04. The Labute approximate surface area is 60.1 Å². The summed E-state index contributed by atoms with van der Waals surface area (Å²) in [5, 5.41) is 8.23. The van der Waals surface area contributed by atoms with Gasteiger partial charge in [-0.25, -0.2) is 5.48 Å². The van der Waals surface area contributed by atoms with Gasteiger partial charge in [-0.1, -0.05) is 6.92 Å². The highest BCUT2D eigenvalue weighted by molar-refractivity contribution is 5.76. The molecule has 0 aromatic heterocycles. The predicted molar refractivity (Wildman–Crippen MR) is 38.7 cm³/mol. The van der Waals surface area contributed by atoms with Crippen LogP contribution in [0.1, 0.15) is 13.3 Å². The molecule has 0 bridgehead atoms. The quantitative estimate of drug-likeness (QED) is 0.288. The van der Waals surface area contributed by atoms with Gasteiger partial charge in [-0.3, -0.25) is 10.2 Å². The zero-order chi connectivity index (χ0) is 7.56. The van der Waals surface area contributed by atoms with E-state index in [1.165, 1.54) is 6.42 Å². The van der Waals surface area contributed by atoms with Crippen molar-refractivity contribution in [3.63, 3.8) is 0 Å². The third-order valence-corrected chi connectivity index (χ3v) is 1.89. The molecule has 4 N–H and O–H groups in total. The Morgan fingerprint density at radius 1 is 1.90 bits per heavy atom. The van der Waals surface area contributed by atoms with Crippen LogP contribution in [0, 0.1) is 11.8 Å². The van der Waals surface area contributed by atoms with Gasteiger partial charge in [0.2, 0.25) is 5.96 Å². The molecule has 58 valence electrons. The predicted octanol–water partition coefficient (Wildman–Crippen LogP) is -0.0641. The molecule has 2 atom stereocenters. The number of rotatable bonds is 2. The maximum Gasteiger partial charge on any atom is 0.212 e. The van der Waals surface area contributed by atoms with Gasteiger partial charge in [-0.15, -0.1) is 0 Å². The lowest BCUT2D eigenvalue weighted by Crippen LogP contribution is -2.28. The molecule has 0 radical (unpaired) electrons. The van der Waals surface area contributed by atoms with Gasteiger partial charge in [0.25, 0.3) is 0 Å². The van der Waals surface area contributed by atoms with E-state index < -0.39 is 0 Å². The molecular formula is C6H13N3O. The normalized spacial score (nSPS) is 32.0. The van der Waals surface area contributed by atoms with Gasteiger partial charge < -0.3 is 5.73 Å². The highest BCUT2D eigenvalue weighted by atomic mass is 16.5. The van der Waals surface area contributed by atoms with Crippen molar-refractivity contribution in [2.75, 3.05) is 6.54 Å². The van der Waals surface area contributed by atoms with Crippen LogP contribution in [0.25, 0.3) is 0 Å². The molecule has 0 amide bonds. The van der Waals surface area contributed by atoms with Crippen molar-refractivity contribution in [2.24, 2.45) is 22.6 Å². The minimum atomic E-state index is 0.110. The van der Waals surface area contributed by atoms with Crippen molar-refractivity contribution < 1.29 is 5.21 Å². The highest BCUT2D eigenvalue weighted by Gasteiger charge is 2.31. The third-order valence-electron chi connectivity index (χ3n) is 1.89. The molecule has 1 saturated carbocycles. The van der Waals surface area contributed by atoms with Crippen LogP contribution in [0.2, 0.25) is 0 Å². The molecule has 1 rings (SSSR count). The van der Waals surface area contributed by atoms with E-state index in [9.17, 15) is 0 Å². The number of hydroxylamine groups is 1. The molecule has 1 aliphatic rings. The van der Waals surface area contributed by atoms with E-state index in [1.54, 1.807) is 5.48 Å². The number of guanidine groups is 1. The molecule has 0 saturated heterocycles. The fourth-order valence-electron chi connectivity index (χ4n) is 0.904. The second kappa shape index (κ2) is 2.88. The van der Waals surface area contributed by atoms with Crippen molar-refractivity contribution >= 4 is 5.96 Å². The van der Waals surface area contributed by atoms with Crippen molar-refractivity contribution in [1.29, 1.82) is 0 Å². The summed E-state index contributed by atoms with van der Waals surface area (Å²) >= 11 is 0. The lowest BCUT2D eigenvalue weighted by molar-refractivity contribution is 0.232. The molecule has 1 aliphatic carbocycles. The van der Waals surface area contributed by atoms with E-state index in [0.29, 0.717) is 5.92 Å². The summed E-state index contributed by atoms with van der Waals surface area (Å²) in [5.74, 6) is 1.58. The van der Waals surface area contributed by atoms with Gasteiger partial charge in [0.05, 0.1) is 0 Å². The zero-order valence-corrected chi connectivity index (χ0v) is 6.04. The molecule has 10 heavy (non-hydrogen) atoms. The summed E-state index contributed by atoms with van der Waals surface area (Å²) in [5.41, 5.74) is 6.97. The number of nitrogens with two attached hydrogens (primary N) is 1. The van der Waals surface area contributed by atoms with Crippen LogP contribution in [0.15, 0.2) is 4.99 Å². The van der Waals surface area contributed by atoms with Crippen LogP contribution in [0.5, 0.6) is 0 Å². The van der Waals surface area contributed by atoms with Gasteiger partial charge in [0.1, 0.15) is 0 Å². The van der Waals surface area contributed by atoms with Crippen LogP contribution in [-0.2, 0) is 0 Å². The first-order chi connectivity index (χ1) is 4.74. The van der Waals surface area contributed by atoms with Crippen molar-refractivity contribution in [3.8, 4) is 0 Å². The third kappa shape index (κ3) is 1.88. The van der Waals surface area contributed by atoms with Crippen LogP contribution in [0.3, 0.4) is 0 Å². The van der Waals surface area contributed by atoms with E-state index in [4.69, 9.17) is 10.9 Å². The average Bonchev–Trinajstić information content (AvgIpc) is 2.61. The van der Waals surface area contributed by atoms with Gasteiger partial charge in [0, 0.05) is 6.54 Å². The summed E-state index contributed by atoms with van der Waals surface area (Å²) in [6.07, 6.45) is 1.24. The minimum Gasteiger partial charge on any atom is -0.368 e. The van der Waals surface area contributed by atoms with Crippen LogP contribution >= 0.6 is 0 Å². The van der Waals surface area contributed by atoms with Crippen molar-refractivity contribution in [3.05, 3.63) is 0 Å². The molecule has 0 aromatic rings. The lowest BCUT2D eigenvalue weighted by atomic mass is 10.3. The molecule has 0 spiro atoms. The second-order valence-electron chi connectivity index (χ2n) is 2.81. The number of hydrogen-bond acceptors (Lipinski definition) is 2. The smallest absolute Gasteiger partial charge is 0.212 e. The fourth-order valence-corrected chi connectivity index (χ4v) is 0.904. The maximum absolute atomic E-state index is 8.23. The Morgan fingerprint density at radius 3 is 2.90 bits per heavy atom. The van der Waals surface area contributed by atoms with Crippen molar-refractivity contribution in [2.45, 2.75) is 13.3 Å². The number of nitrogens with zero attached hydrogens (tertiary/aromatic N) is 1. The Morgan fingerprint density at radius 2 is 2.50 bits per heavy atom. The molecule has 2 unspecified atom stereocenters. The Bertz CT molecular complexity index is 146. The Hall–Kier alpha value is -0.770. The van der Waals surface area contributed by atoms with Gasteiger partial charge in [-0.05, 0) is 18.3 Å². The van der Waals surface area contributed by atoms with E-state index in [0.717, 1.165) is 12.5 Å². The Balaban J connectivity index is 2.15. The van der Waals surface area contributed by atoms with E-state index >= 15 is 0 Å². The molecular weight excluding hydrogens is 130 g/mol. The van der Waals surface area contributed by atoms with Crippen LogP contribution in [0.4, 0.5) is 0 Å². The molecule has 0 aromatic carbocycles. The summed E-state index contributed by atoms with van der Waals surface area (Å²) in [7, 11) is 0. The van der Waals surface area contributed by atoms with Crippen LogP contribution < -0.4 is 11.2 Å². The molecule has 0 heterocycles. The number of hydrogen-bond donors (Lipinski definition) is 3. The van der Waals surface area contributed by atoms with Gasteiger partial charge in [0.15, 0.2) is 0 Å². The summed E-state index contributed by atoms with van der Waals surface area (Å²) in [4.78, 5) is 3.89. The maximum atomic E-state index is 8.23. The molecule has 0 aliphatic heterocycles. The average molecular weight is 143 g/mol. The summed E-state index contributed by atoms with van der Waals surface area (Å²) in [6.45, 7) is 2.92. The fraction of sp³-hybridized carbons (Fsp3) is 0.833. The van der Waals surface area contributed by atoms with Crippen molar-refractivity contribution in [1.82, 2.24) is 5.48 Å². The first kappa shape index (κ1) is 7.34. The minimum absolute atomic E-state index is 0.110. The molecule has 1 fully saturated rings. The molecule has 4 nitrogen and oxygen atoms in total. The number of nitrogens with one attached hydrogen (secondary N) is 1. The highest BCUT2D eigenvalue weighted by Crippen LogP contribution is 2.37. The Kier molecular flexibility index (Phi) is 2.11. The first-order valence-corrected chi connectivity index (χ1v) is 3.44. The largest absolute Gasteiger partial charge is 0.368 e. The topological polar surface area (TPSA) is 70.6 Å². The standard InChI is InChI=1S/C6H13N3O/c1-4-2-5(4)3-8-6(7)9-10/h4-5,10H,2-3H2,1H3,(H3,7,8,9). The van der Waals surface area contributed by atoms with E-state index in [-0.39, 0.29) is 5.96 Å². The van der Waals surface area contributed by atoms with E-state index in [2.05, 4.69) is 11.9 Å². The monoisotopic (exact) mass is 143 g/mol. The summed E-state index contributed by atoms with van der Waals surface area (Å²) in [6, 6.07) is 0. The second-order valence-corrected chi connectivity index (χ2v) is 2.81. The van der Waals surface area contributed by atoms with Gasteiger partial charge in [-0.2, -0.15) is 0 Å².